The minimum Gasteiger partial charge on any atom is -0.456 e. The van der Waals surface area contributed by atoms with Crippen molar-refractivity contribution < 1.29 is 4.42 Å². The molecule has 2 aliphatic carbocycles. The molecule has 2 aliphatic rings. The van der Waals surface area contributed by atoms with Gasteiger partial charge in [-0.25, -0.2) is 0 Å². The van der Waals surface area contributed by atoms with E-state index in [4.69, 9.17) is 4.42 Å². The monoisotopic (exact) mass is 1470 g/mol. The van der Waals surface area contributed by atoms with E-state index in [0.717, 1.165) is 90.1 Å². The zero-order chi connectivity index (χ0) is 75.8. The number of allylic oxidation sites excluding steroid dienone is 5. The van der Waals surface area contributed by atoms with Gasteiger partial charge in [0.2, 0.25) is 0 Å². The van der Waals surface area contributed by atoms with Gasteiger partial charge in [-0.1, -0.05) is 234 Å². The van der Waals surface area contributed by atoms with Gasteiger partial charge in [0.1, 0.15) is 11.3 Å². The molecule has 0 N–H and O–H groups in total. The summed E-state index contributed by atoms with van der Waals surface area (Å²) in [5, 5.41) is 7.26. The van der Waals surface area contributed by atoms with Gasteiger partial charge in [-0.15, -0.1) is 11.3 Å². The number of aromatic nitrogens is 2. The molecular weight excluding hydrogens is 1390 g/mol. The minimum absolute atomic E-state index is 0.166. The van der Waals surface area contributed by atoms with E-state index in [-0.39, 0.29) is 10.8 Å². The summed E-state index contributed by atoms with van der Waals surface area (Å²) >= 11 is 1.84. The Balaban J connectivity index is 0.560. The Hall–Kier alpha value is -13.8. The largest absolute Gasteiger partial charge is 0.456 e. The van der Waals surface area contributed by atoms with Crippen molar-refractivity contribution in [2.24, 2.45) is 0 Å². The minimum atomic E-state index is -0.319. The number of fused-ring (bicyclic) bond motifs is 12. The molecule has 6 heteroatoms. The molecule has 0 amide bonds. The molecule has 0 saturated heterocycles. The number of hydrogen-bond acceptors (Lipinski definition) is 4. The van der Waals surface area contributed by atoms with E-state index in [1.807, 2.05) is 11.3 Å². The fourth-order valence-corrected chi connectivity index (χ4v) is 19.3. The topological polar surface area (TPSA) is 29.5 Å². The summed E-state index contributed by atoms with van der Waals surface area (Å²) in [5.41, 5.74) is 33.1. The van der Waals surface area contributed by atoms with Gasteiger partial charge in [-0.3, -0.25) is 0 Å². The number of benzene rings is 15. The lowest BCUT2D eigenvalue weighted by molar-refractivity contribution is 0.631. The number of para-hydroxylation sites is 4. The molecule has 4 aromatic heterocycles. The fraction of sp³-hybridized carbons (Fsp3) is 0.0654. The predicted octanol–water partition coefficient (Wildman–Crippen LogP) is 30.1. The Morgan fingerprint density at radius 1 is 0.354 bits per heavy atom. The van der Waals surface area contributed by atoms with Crippen molar-refractivity contribution in [1.29, 1.82) is 0 Å². The number of furan rings is 1. The summed E-state index contributed by atoms with van der Waals surface area (Å²) in [6, 6.07) is 131. The lowest BCUT2D eigenvalue weighted by Gasteiger charge is -2.29. The van der Waals surface area contributed by atoms with Crippen LogP contribution in [0.2, 0.25) is 0 Å². The summed E-state index contributed by atoms with van der Waals surface area (Å²) in [5.74, 6) is 0.810. The van der Waals surface area contributed by atoms with Gasteiger partial charge >= 0.3 is 0 Å². The van der Waals surface area contributed by atoms with Crippen LogP contribution in [0.15, 0.2) is 387 Å². The Morgan fingerprint density at radius 3 is 1.39 bits per heavy atom. The average Bonchev–Trinajstić information content (AvgIpc) is 1.59. The molecule has 0 fully saturated rings. The molecule has 15 aromatic carbocycles. The van der Waals surface area contributed by atoms with E-state index < -0.39 is 0 Å². The van der Waals surface area contributed by atoms with E-state index in [9.17, 15) is 0 Å². The SMILES string of the molecule is C=C(/C=C\C1=C(C)c2ccc(N(c3ccc(-c4ccc5c(c4)c4ccccc4n5-c4ccccc4)cc3)c3ccc(-c4cc5ccccc5s4)cc3)cc2C1(C)C)c1ccc2cc(-c3ccc(N(c4ccc(-c5ccc6c(c5)c5ccccc5n6-c5ccccc5)cc4)c4ccc5c(c4)C(C)(C)c4ccccc4-5)cc3)oc2c1. The van der Waals surface area contributed by atoms with E-state index in [0.29, 0.717) is 0 Å². The van der Waals surface area contributed by atoms with Crippen LogP contribution >= 0.6 is 11.3 Å². The first-order valence-electron chi connectivity index (χ1n) is 39.0. The first-order chi connectivity index (χ1) is 55.3. The summed E-state index contributed by atoms with van der Waals surface area (Å²) < 4.78 is 12.9. The summed E-state index contributed by atoms with van der Waals surface area (Å²) in [7, 11) is 0. The Labute approximate surface area is 662 Å². The average molecular weight is 1470 g/mol. The molecule has 113 heavy (non-hydrogen) atoms. The standard InChI is InChI=1S/C107H78N4OS/c1-68(33-58-94-69(2)87-56-54-85(66-96(87)106(94,3)4)109(84-52-42-73(43-53-84)105-65-78-21-13-20-32-104(78)113-105)82-48-38-71(39-49-82)76-45-60-101-93(62-76)91-28-16-19-31-99(91)111(101)80-24-11-8-12-25-80)74-34-35-77-64-102(112-103(77)63-74)72-40-50-83(51-41-72)108(86-55-57-89-88-26-14-17-29-95(88)107(5,6)97(89)67-86)81-46-36-70(37-47-81)75-44-59-100-92(61-75)90-27-15-18-30-98(90)110(100)79-22-9-7-10-23-79/h7-67H,1H2,2-6H3/b58-33-. The first kappa shape index (κ1) is 67.3. The van der Waals surface area contributed by atoms with Crippen LogP contribution in [0.1, 0.15) is 62.4 Å². The second-order valence-corrected chi connectivity index (χ2v) is 32.4. The van der Waals surface area contributed by atoms with Gasteiger partial charge in [-0.05, 0) is 266 Å². The van der Waals surface area contributed by atoms with Crippen molar-refractivity contribution in [1.82, 2.24) is 9.13 Å². The molecule has 4 heterocycles. The van der Waals surface area contributed by atoms with E-state index in [1.165, 1.54) is 120 Å². The molecule has 0 spiro atoms. The van der Waals surface area contributed by atoms with Crippen LogP contribution in [-0.4, -0.2) is 9.13 Å². The molecular formula is C107H78N4OS. The van der Waals surface area contributed by atoms with E-state index in [1.54, 1.807) is 0 Å². The number of hydrogen-bond donors (Lipinski definition) is 0. The molecule has 19 aromatic rings. The van der Waals surface area contributed by atoms with Crippen molar-refractivity contribution in [3.8, 4) is 66.5 Å². The van der Waals surface area contributed by atoms with E-state index >= 15 is 0 Å². The maximum Gasteiger partial charge on any atom is 0.135 e. The Morgan fingerprint density at radius 2 is 0.814 bits per heavy atom. The normalized spacial score (nSPS) is 13.5. The zero-order valence-corrected chi connectivity index (χ0v) is 64.3. The molecule has 0 radical (unpaired) electrons. The van der Waals surface area contributed by atoms with Gasteiger partial charge in [-0.2, -0.15) is 0 Å². The lowest BCUT2D eigenvalue weighted by Crippen LogP contribution is -2.17. The smallest absolute Gasteiger partial charge is 0.135 e. The highest BCUT2D eigenvalue weighted by molar-refractivity contribution is 7.22. The second-order valence-electron chi connectivity index (χ2n) is 31.4. The quantitative estimate of drug-likeness (QED) is 0.0958. The number of anilines is 6. The molecule has 0 atom stereocenters. The maximum atomic E-state index is 6.82. The highest BCUT2D eigenvalue weighted by Crippen LogP contribution is 2.53. The van der Waals surface area contributed by atoms with Crippen LogP contribution in [0.4, 0.5) is 34.1 Å². The lowest BCUT2D eigenvalue weighted by atomic mass is 9.80. The molecule has 21 rings (SSSR count). The number of nitrogens with zero attached hydrogens (tertiary/aromatic N) is 4. The van der Waals surface area contributed by atoms with Crippen molar-refractivity contribution in [3.63, 3.8) is 0 Å². The molecule has 538 valence electrons. The molecule has 0 unspecified atom stereocenters. The van der Waals surface area contributed by atoms with Gasteiger partial charge in [0.05, 0.1) is 22.1 Å². The summed E-state index contributed by atoms with van der Waals surface area (Å²) in [6.07, 6.45) is 4.48. The van der Waals surface area contributed by atoms with Crippen molar-refractivity contribution >= 4 is 121 Å². The van der Waals surface area contributed by atoms with Crippen molar-refractivity contribution in [3.05, 3.63) is 410 Å². The first-order valence-corrected chi connectivity index (χ1v) is 39.8. The van der Waals surface area contributed by atoms with Gasteiger partial charge in [0, 0.05) is 98.4 Å². The Bertz CT molecular complexity index is 7070. The summed E-state index contributed by atoms with van der Waals surface area (Å²) in [4.78, 5) is 6.07. The third-order valence-corrected chi connectivity index (χ3v) is 25.3. The van der Waals surface area contributed by atoms with Crippen LogP contribution in [0.5, 0.6) is 0 Å². The number of thiophene rings is 1. The van der Waals surface area contributed by atoms with Crippen LogP contribution in [0, 0.1) is 0 Å². The maximum absolute atomic E-state index is 6.82. The van der Waals surface area contributed by atoms with Gasteiger partial charge in [0.15, 0.2) is 0 Å². The highest BCUT2D eigenvalue weighted by atomic mass is 32.1. The third-order valence-electron chi connectivity index (χ3n) is 24.1. The van der Waals surface area contributed by atoms with Gasteiger partial charge < -0.3 is 23.4 Å². The highest BCUT2D eigenvalue weighted by Gasteiger charge is 2.38. The van der Waals surface area contributed by atoms with Crippen LogP contribution < -0.4 is 9.80 Å². The molecule has 0 bridgehead atoms. The van der Waals surface area contributed by atoms with Crippen LogP contribution in [0.3, 0.4) is 0 Å². The molecule has 5 nitrogen and oxygen atoms in total. The zero-order valence-electron chi connectivity index (χ0n) is 63.5. The Kier molecular flexibility index (Phi) is 15.8. The molecule has 0 aliphatic heterocycles. The van der Waals surface area contributed by atoms with Crippen LogP contribution in [0.25, 0.3) is 142 Å². The molecule has 0 saturated carbocycles. The number of rotatable bonds is 15. The van der Waals surface area contributed by atoms with Crippen molar-refractivity contribution in [2.45, 2.75) is 45.4 Å². The summed E-state index contributed by atoms with van der Waals surface area (Å²) in [6.45, 7) is 16.4. The van der Waals surface area contributed by atoms with Crippen LogP contribution in [-0.2, 0) is 10.8 Å². The third kappa shape index (κ3) is 11.3. The van der Waals surface area contributed by atoms with E-state index in [2.05, 4.69) is 430 Å². The van der Waals surface area contributed by atoms with Gasteiger partial charge in [0.25, 0.3) is 0 Å². The fourth-order valence-electron chi connectivity index (χ4n) is 18.3. The van der Waals surface area contributed by atoms with Crippen molar-refractivity contribution in [2.75, 3.05) is 9.80 Å². The second kappa shape index (κ2) is 26.5. The predicted molar refractivity (Wildman–Crippen MR) is 479 cm³/mol.